The normalized spacial score (nSPS) is 16.3. The summed E-state index contributed by atoms with van der Waals surface area (Å²) in [5.74, 6) is -2.24. The van der Waals surface area contributed by atoms with Crippen LogP contribution in [0, 0.1) is 11.2 Å². The molecule has 0 atom stereocenters. The van der Waals surface area contributed by atoms with Crippen molar-refractivity contribution in [3.63, 3.8) is 0 Å². The van der Waals surface area contributed by atoms with Gasteiger partial charge < -0.3 is 25.9 Å². The molecule has 2 aromatic rings. The lowest BCUT2D eigenvalue weighted by Gasteiger charge is -2.38. The third-order valence-electron chi connectivity index (χ3n) is 4.99. The Hall–Kier alpha value is -3.19. The first-order valence-corrected chi connectivity index (χ1v) is 12.2. The highest BCUT2D eigenvalue weighted by Gasteiger charge is 2.45. The standard InChI is InChI=1S/C22H25F3N4O5S/c1-21(2,31)8-16(26)14-6-12(19(30)29-22(3)10-35(32,33)11-22)9-27-18(14)28-17-7-13(34-20(24)25)4-5-15(17)23/h4-7,9,20,26,31H,8,10-11H2,1-3H3,(H,27,28)(H,29,30). The molecule has 1 aliphatic heterocycles. The van der Waals surface area contributed by atoms with Crippen molar-refractivity contribution in [2.45, 2.75) is 44.9 Å². The van der Waals surface area contributed by atoms with Crippen LogP contribution in [0.3, 0.4) is 0 Å². The molecular formula is C22H25F3N4O5S. The molecule has 35 heavy (non-hydrogen) atoms. The summed E-state index contributed by atoms with van der Waals surface area (Å²) in [5.41, 5.74) is -2.59. The number of alkyl halides is 2. The number of benzene rings is 1. The van der Waals surface area contributed by atoms with Crippen molar-refractivity contribution in [3.8, 4) is 5.75 Å². The van der Waals surface area contributed by atoms with Gasteiger partial charge in [-0.1, -0.05) is 0 Å². The summed E-state index contributed by atoms with van der Waals surface area (Å²) in [7, 11) is -3.21. The predicted octanol–water partition coefficient (Wildman–Crippen LogP) is 3.01. The van der Waals surface area contributed by atoms with Crippen molar-refractivity contribution in [1.82, 2.24) is 10.3 Å². The quantitative estimate of drug-likeness (QED) is 0.377. The minimum absolute atomic E-state index is 0.00632. The molecule has 1 amide bonds. The number of rotatable bonds is 9. The summed E-state index contributed by atoms with van der Waals surface area (Å²) in [6, 6.07) is 4.22. The SMILES string of the molecule is CC(C)(O)CC(=N)c1cc(C(=O)NC2(C)CS(=O)(=O)C2)cnc1Nc1cc(OC(F)F)ccc1F. The molecule has 0 aliphatic carbocycles. The predicted molar refractivity (Wildman–Crippen MR) is 123 cm³/mol. The average molecular weight is 515 g/mol. The first-order chi connectivity index (χ1) is 16.1. The molecule has 0 unspecified atom stereocenters. The molecule has 0 bridgehead atoms. The molecule has 1 saturated heterocycles. The van der Waals surface area contributed by atoms with Crippen molar-refractivity contribution in [2.75, 3.05) is 16.8 Å². The number of anilines is 2. The Morgan fingerprint density at radius 1 is 1.31 bits per heavy atom. The van der Waals surface area contributed by atoms with Gasteiger partial charge in [-0.25, -0.2) is 17.8 Å². The maximum Gasteiger partial charge on any atom is 0.387 e. The Balaban J connectivity index is 1.94. The molecule has 1 fully saturated rings. The van der Waals surface area contributed by atoms with Gasteiger partial charge in [0.05, 0.1) is 33.9 Å². The molecule has 3 rings (SSSR count). The van der Waals surface area contributed by atoms with Gasteiger partial charge in [0, 0.05) is 30.0 Å². The summed E-state index contributed by atoms with van der Waals surface area (Å²) >= 11 is 0. The second-order valence-electron chi connectivity index (χ2n) is 9.28. The van der Waals surface area contributed by atoms with Crippen LogP contribution >= 0.6 is 0 Å². The number of aliphatic hydroxyl groups is 1. The van der Waals surface area contributed by atoms with Crippen LogP contribution < -0.4 is 15.4 Å². The van der Waals surface area contributed by atoms with Gasteiger partial charge in [0.2, 0.25) is 0 Å². The summed E-state index contributed by atoms with van der Waals surface area (Å²) < 4.78 is 66.8. The smallest absolute Gasteiger partial charge is 0.387 e. The molecule has 1 aromatic heterocycles. The first kappa shape index (κ1) is 26.4. The van der Waals surface area contributed by atoms with E-state index in [9.17, 15) is 31.5 Å². The fourth-order valence-electron chi connectivity index (χ4n) is 3.70. The van der Waals surface area contributed by atoms with Gasteiger partial charge in [0.1, 0.15) is 17.4 Å². The number of halogens is 3. The van der Waals surface area contributed by atoms with Crippen LogP contribution in [-0.2, 0) is 9.84 Å². The molecular weight excluding hydrogens is 489 g/mol. The number of nitrogens with one attached hydrogen (secondary N) is 3. The van der Waals surface area contributed by atoms with E-state index in [1.165, 1.54) is 19.9 Å². The Morgan fingerprint density at radius 2 is 1.97 bits per heavy atom. The average Bonchev–Trinajstić information content (AvgIpc) is 2.67. The number of nitrogens with zero attached hydrogens (tertiary/aromatic N) is 1. The molecule has 0 saturated carbocycles. The summed E-state index contributed by atoms with van der Waals surface area (Å²) in [4.78, 5) is 16.9. The number of amides is 1. The topological polar surface area (TPSA) is 141 Å². The van der Waals surface area contributed by atoms with Crippen LogP contribution in [-0.4, -0.2) is 59.4 Å². The maximum atomic E-state index is 14.4. The molecule has 2 heterocycles. The molecule has 1 aromatic carbocycles. The van der Waals surface area contributed by atoms with Crippen LogP contribution in [0.1, 0.15) is 43.1 Å². The van der Waals surface area contributed by atoms with Crippen LogP contribution in [0.2, 0.25) is 0 Å². The van der Waals surface area contributed by atoms with E-state index in [1.54, 1.807) is 6.92 Å². The first-order valence-electron chi connectivity index (χ1n) is 10.4. The van der Waals surface area contributed by atoms with Crippen LogP contribution in [0.4, 0.5) is 24.7 Å². The number of aromatic nitrogens is 1. The largest absolute Gasteiger partial charge is 0.435 e. The van der Waals surface area contributed by atoms with Gasteiger partial charge in [0.15, 0.2) is 9.84 Å². The molecule has 13 heteroatoms. The lowest BCUT2D eigenvalue weighted by molar-refractivity contribution is -0.0498. The van der Waals surface area contributed by atoms with Crippen molar-refractivity contribution in [3.05, 3.63) is 47.4 Å². The van der Waals surface area contributed by atoms with E-state index >= 15 is 0 Å². The zero-order chi connectivity index (χ0) is 26.2. The Bertz CT molecular complexity index is 1250. The molecule has 190 valence electrons. The third kappa shape index (κ3) is 6.92. The number of hydrogen-bond acceptors (Lipinski definition) is 8. The van der Waals surface area contributed by atoms with E-state index in [1.807, 2.05) is 0 Å². The summed E-state index contributed by atoms with van der Waals surface area (Å²) in [6.07, 6.45) is 0.994. The number of hydrogen-bond donors (Lipinski definition) is 4. The minimum Gasteiger partial charge on any atom is -0.435 e. The molecule has 1 aliphatic rings. The highest BCUT2D eigenvalue weighted by molar-refractivity contribution is 7.93. The Labute approximate surface area is 200 Å². The molecule has 9 nitrogen and oxygen atoms in total. The number of carbonyl (C=O) groups excluding carboxylic acids is 1. The van der Waals surface area contributed by atoms with Crippen molar-refractivity contribution in [2.24, 2.45) is 0 Å². The van der Waals surface area contributed by atoms with Gasteiger partial charge >= 0.3 is 6.61 Å². The van der Waals surface area contributed by atoms with Gasteiger partial charge in [-0.3, -0.25) is 4.79 Å². The fraction of sp³-hybridized carbons (Fsp3) is 0.409. The number of pyridine rings is 1. The lowest BCUT2D eigenvalue weighted by Crippen LogP contribution is -2.63. The molecule has 4 N–H and O–H groups in total. The second-order valence-corrected chi connectivity index (χ2v) is 11.3. The van der Waals surface area contributed by atoms with Crippen LogP contribution in [0.25, 0.3) is 0 Å². The van der Waals surface area contributed by atoms with Gasteiger partial charge in [-0.15, -0.1) is 0 Å². The second kappa shape index (κ2) is 9.46. The zero-order valence-corrected chi connectivity index (χ0v) is 20.0. The number of carbonyl (C=O) groups is 1. The Kier molecular flexibility index (Phi) is 7.14. The van der Waals surface area contributed by atoms with Gasteiger partial charge in [0.25, 0.3) is 5.91 Å². The molecule has 0 radical (unpaired) electrons. The summed E-state index contributed by atoms with van der Waals surface area (Å²) in [6.45, 7) is 1.42. The van der Waals surface area contributed by atoms with E-state index in [0.717, 1.165) is 24.4 Å². The van der Waals surface area contributed by atoms with Crippen molar-refractivity contribution < 1.29 is 36.2 Å². The van der Waals surface area contributed by atoms with E-state index in [4.69, 9.17) is 5.41 Å². The van der Waals surface area contributed by atoms with E-state index < -0.39 is 39.3 Å². The fourth-order valence-corrected chi connectivity index (χ4v) is 5.70. The summed E-state index contributed by atoms with van der Waals surface area (Å²) in [5, 5.41) is 23.8. The number of sulfone groups is 1. The van der Waals surface area contributed by atoms with Gasteiger partial charge in [-0.2, -0.15) is 8.78 Å². The highest BCUT2D eigenvalue weighted by atomic mass is 32.2. The van der Waals surface area contributed by atoms with Crippen LogP contribution in [0.15, 0.2) is 30.5 Å². The minimum atomic E-state index is -3.21. The van der Waals surface area contributed by atoms with E-state index in [0.29, 0.717) is 0 Å². The van der Waals surface area contributed by atoms with Crippen molar-refractivity contribution in [1.29, 1.82) is 5.41 Å². The Morgan fingerprint density at radius 3 is 2.54 bits per heavy atom. The monoisotopic (exact) mass is 514 g/mol. The van der Waals surface area contributed by atoms with E-state index in [-0.39, 0.29) is 52.0 Å². The highest BCUT2D eigenvalue weighted by Crippen LogP contribution is 2.29. The van der Waals surface area contributed by atoms with E-state index in [2.05, 4.69) is 20.4 Å². The number of ether oxygens (including phenoxy) is 1. The van der Waals surface area contributed by atoms with Crippen molar-refractivity contribution >= 4 is 33.0 Å². The zero-order valence-electron chi connectivity index (χ0n) is 19.2. The van der Waals surface area contributed by atoms with Crippen LogP contribution in [0.5, 0.6) is 5.75 Å². The third-order valence-corrected chi connectivity index (χ3v) is 7.15. The lowest BCUT2D eigenvalue weighted by atomic mass is 9.96. The maximum absolute atomic E-state index is 14.4. The van der Waals surface area contributed by atoms with Gasteiger partial charge in [-0.05, 0) is 39.0 Å². The molecule has 0 spiro atoms.